The average Bonchev–Trinajstić information content (AvgIpc) is 3.40. The summed E-state index contributed by atoms with van der Waals surface area (Å²) in [4.78, 5) is 30.3. The molecule has 6 nitrogen and oxygen atoms in total. The molecule has 1 aromatic heterocycles. The third kappa shape index (κ3) is 9.87. The van der Waals surface area contributed by atoms with Crippen molar-refractivity contribution < 1.29 is 9.59 Å². The first-order valence-corrected chi connectivity index (χ1v) is 12.5. The van der Waals surface area contributed by atoms with Gasteiger partial charge in [-0.1, -0.05) is 87.4 Å². The van der Waals surface area contributed by atoms with Gasteiger partial charge >= 0.3 is 0 Å². The molecule has 6 heteroatoms. The van der Waals surface area contributed by atoms with Crippen LogP contribution in [0.5, 0.6) is 0 Å². The van der Waals surface area contributed by atoms with Crippen LogP contribution in [-0.2, 0) is 16.0 Å². The fourth-order valence-electron chi connectivity index (χ4n) is 3.89. The van der Waals surface area contributed by atoms with Gasteiger partial charge in [0.1, 0.15) is 5.78 Å². The number of nitrogens with one attached hydrogen (secondary N) is 2. The van der Waals surface area contributed by atoms with Crippen molar-refractivity contribution in [1.82, 2.24) is 15.3 Å². The number of aromatic amines is 1. The molecule has 0 aliphatic rings. The summed E-state index contributed by atoms with van der Waals surface area (Å²) in [5.41, 5.74) is 9.35. The number of benzene rings is 2. The number of ketones is 1. The number of hydrogen-bond acceptors (Lipinski definition) is 4. The van der Waals surface area contributed by atoms with E-state index in [-0.39, 0.29) is 23.5 Å². The number of carbonyl (C=O) groups excluding carboxylic acids is 2. The molecule has 0 saturated heterocycles. The minimum absolute atomic E-state index is 0.00714. The van der Waals surface area contributed by atoms with Gasteiger partial charge in [-0.15, -0.1) is 0 Å². The molecule has 188 valence electrons. The molecule has 0 aliphatic carbocycles. The van der Waals surface area contributed by atoms with Gasteiger partial charge in [0, 0.05) is 30.3 Å². The van der Waals surface area contributed by atoms with Crippen LogP contribution in [0.25, 0.3) is 0 Å². The molecule has 0 spiro atoms. The maximum absolute atomic E-state index is 11.7. The predicted octanol–water partition coefficient (Wildman–Crippen LogP) is 5.02. The molecule has 4 N–H and O–H groups in total. The van der Waals surface area contributed by atoms with Crippen molar-refractivity contribution >= 4 is 11.7 Å². The molecule has 1 amide bonds. The highest BCUT2D eigenvalue weighted by atomic mass is 16.1. The highest BCUT2D eigenvalue weighted by molar-refractivity contribution is 5.83. The summed E-state index contributed by atoms with van der Waals surface area (Å²) in [5.74, 6) is 0.253. The lowest BCUT2D eigenvalue weighted by molar-refractivity contribution is -0.124. The molecule has 0 saturated carbocycles. The Morgan fingerprint density at radius 1 is 1.00 bits per heavy atom. The first-order valence-electron chi connectivity index (χ1n) is 12.5. The number of aromatic nitrogens is 2. The topological polar surface area (TPSA) is 101 Å². The minimum Gasteiger partial charge on any atom is -0.356 e. The van der Waals surface area contributed by atoms with E-state index >= 15 is 0 Å². The molecule has 3 rings (SSSR count). The fourth-order valence-corrected chi connectivity index (χ4v) is 3.89. The Labute approximate surface area is 209 Å². The van der Waals surface area contributed by atoms with Crippen LogP contribution in [0.1, 0.15) is 69.2 Å². The van der Waals surface area contributed by atoms with Crippen LogP contribution < -0.4 is 11.1 Å². The molecule has 3 aromatic rings. The summed E-state index contributed by atoms with van der Waals surface area (Å²) in [6, 6.07) is 19.4. The number of unbranched alkanes of at least 4 members (excludes halogenated alkanes) is 1. The van der Waals surface area contributed by atoms with E-state index in [2.05, 4.69) is 22.2 Å². The van der Waals surface area contributed by atoms with Gasteiger partial charge in [0.2, 0.25) is 5.91 Å². The van der Waals surface area contributed by atoms with Crippen molar-refractivity contribution in [3.8, 4) is 0 Å². The van der Waals surface area contributed by atoms with Gasteiger partial charge in [-0.3, -0.25) is 9.59 Å². The van der Waals surface area contributed by atoms with Gasteiger partial charge in [0.25, 0.3) is 0 Å². The number of carbonyl (C=O) groups is 2. The minimum atomic E-state index is -0.505. The second-order valence-corrected chi connectivity index (χ2v) is 8.95. The number of imidazole rings is 1. The third-order valence-electron chi connectivity index (χ3n) is 6.06. The molecule has 0 radical (unpaired) electrons. The number of Topliss-reactive ketones (excluding diaryl/α,β-unsaturated/α-hetero) is 1. The van der Waals surface area contributed by atoms with E-state index in [1.807, 2.05) is 73.8 Å². The second-order valence-electron chi connectivity index (χ2n) is 8.95. The molecular formula is C29H40N4O2. The van der Waals surface area contributed by atoms with E-state index in [0.29, 0.717) is 0 Å². The van der Waals surface area contributed by atoms with Crippen LogP contribution in [0, 0.1) is 5.92 Å². The Hall–Kier alpha value is -3.25. The molecule has 35 heavy (non-hydrogen) atoms. The zero-order chi connectivity index (χ0) is 25.5. The molecule has 2 aromatic carbocycles. The zero-order valence-electron chi connectivity index (χ0n) is 21.2. The number of hydrogen-bond donors (Lipinski definition) is 3. The van der Waals surface area contributed by atoms with E-state index in [1.54, 1.807) is 13.3 Å². The lowest BCUT2D eigenvalue weighted by atomic mass is 9.84. The quantitative estimate of drug-likeness (QED) is 0.320. The molecule has 0 bridgehead atoms. The van der Waals surface area contributed by atoms with Gasteiger partial charge in [0.05, 0.1) is 12.4 Å². The number of nitrogens with two attached hydrogens (primary N) is 1. The summed E-state index contributed by atoms with van der Waals surface area (Å²) < 4.78 is 0. The first-order chi connectivity index (χ1) is 16.9. The van der Waals surface area contributed by atoms with Crippen molar-refractivity contribution in [3.05, 3.63) is 90.0 Å². The maximum Gasteiger partial charge on any atom is 0.222 e. The van der Waals surface area contributed by atoms with Crippen molar-refractivity contribution in [2.45, 2.75) is 64.8 Å². The van der Waals surface area contributed by atoms with E-state index in [1.165, 1.54) is 0 Å². The van der Waals surface area contributed by atoms with Crippen molar-refractivity contribution in [3.63, 3.8) is 0 Å². The predicted molar refractivity (Wildman–Crippen MR) is 142 cm³/mol. The molecule has 0 fully saturated rings. The van der Waals surface area contributed by atoms with E-state index in [9.17, 15) is 9.59 Å². The van der Waals surface area contributed by atoms with E-state index in [0.717, 1.165) is 55.5 Å². The Kier molecular flexibility index (Phi) is 12.5. The largest absolute Gasteiger partial charge is 0.356 e. The van der Waals surface area contributed by atoms with Crippen LogP contribution in [-0.4, -0.2) is 34.2 Å². The van der Waals surface area contributed by atoms with Gasteiger partial charge < -0.3 is 16.0 Å². The SMILES string of the molecule is CC(=O)[C@H](N)C(c1ccccc1)c1ccccc1.CCCCC(C)C(=O)NCCCc1cnc[nH]1. The van der Waals surface area contributed by atoms with Crippen molar-refractivity contribution in [2.24, 2.45) is 11.7 Å². The lowest BCUT2D eigenvalue weighted by Crippen LogP contribution is -2.35. The average molecular weight is 477 g/mol. The third-order valence-corrected chi connectivity index (χ3v) is 6.06. The normalized spacial score (nSPS) is 12.4. The van der Waals surface area contributed by atoms with Crippen LogP contribution in [0.15, 0.2) is 73.2 Å². The standard InChI is InChI=1S/C16H17NO.C13H23N3O/c1-12(18)16(17)15(13-8-4-2-5-9-13)14-10-6-3-7-11-14;1-3-4-6-11(2)13(17)15-8-5-7-12-9-14-10-16-12/h2-11,15-16H,17H2,1H3;9-11H,3-8H2,1-2H3,(H,14,16)(H,15,17)/t16-;/m0./s1. The Balaban J connectivity index is 0.000000247. The lowest BCUT2D eigenvalue weighted by Gasteiger charge is -2.23. The molecule has 1 unspecified atom stereocenters. The fraction of sp³-hybridized carbons (Fsp3) is 0.414. The molecule has 0 aliphatic heterocycles. The van der Waals surface area contributed by atoms with Gasteiger partial charge in [0.15, 0.2) is 0 Å². The molecular weight excluding hydrogens is 436 g/mol. The maximum atomic E-state index is 11.7. The Morgan fingerprint density at radius 2 is 1.60 bits per heavy atom. The summed E-state index contributed by atoms with van der Waals surface area (Å²) in [6.45, 7) is 6.44. The number of H-pyrrole nitrogens is 1. The first kappa shape index (κ1) is 28.0. The highest BCUT2D eigenvalue weighted by Gasteiger charge is 2.24. The number of rotatable bonds is 12. The highest BCUT2D eigenvalue weighted by Crippen LogP contribution is 2.27. The molecule has 1 heterocycles. The number of nitrogens with zero attached hydrogens (tertiary/aromatic N) is 1. The van der Waals surface area contributed by atoms with E-state index < -0.39 is 6.04 Å². The van der Waals surface area contributed by atoms with Gasteiger partial charge in [-0.25, -0.2) is 4.98 Å². The van der Waals surface area contributed by atoms with E-state index in [4.69, 9.17) is 5.73 Å². The van der Waals surface area contributed by atoms with Gasteiger partial charge in [-0.05, 0) is 37.3 Å². The molecule has 2 atom stereocenters. The monoisotopic (exact) mass is 476 g/mol. The Bertz CT molecular complexity index is 935. The summed E-state index contributed by atoms with van der Waals surface area (Å²) >= 11 is 0. The number of amides is 1. The van der Waals surface area contributed by atoms with Crippen LogP contribution in [0.3, 0.4) is 0 Å². The van der Waals surface area contributed by atoms with Crippen molar-refractivity contribution in [2.75, 3.05) is 6.54 Å². The van der Waals surface area contributed by atoms with Crippen LogP contribution in [0.4, 0.5) is 0 Å². The number of aryl methyl sites for hydroxylation is 1. The smallest absolute Gasteiger partial charge is 0.222 e. The van der Waals surface area contributed by atoms with Crippen LogP contribution in [0.2, 0.25) is 0 Å². The van der Waals surface area contributed by atoms with Crippen LogP contribution >= 0.6 is 0 Å². The summed E-state index contributed by atoms with van der Waals surface area (Å²) in [7, 11) is 0. The zero-order valence-corrected chi connectivity index (χ0v) is 21.2. The summed E-state index contributed by atoms with van der Waals surface area (Å²) in [5, 5.41) is 2.98. The summed E-state index contributed by atoms with van der Waals surface area (Å²) in [6.07, 6.45) is 8.66. The second kappa shape index (κ2) is 15.6. The van der Waals surface area contributed by atoms with Crippen molar-refractivity contribution in [1.29, 1.82) is 0 Å². The van der Waals surface area contributed by atoms with Gasteiger partial charge in [-0.2, -0.15) is 0 Å². The Morgan fingerprint density at radius 3 is 2.09 bits per heavy atom.